The van der Waals surface area contributed by atoms with Crippen molar-refractivity contribution in [3.8, 4) is 0 Å². The van der Waals surface area contributed by atoms with E-state index in [1.54, 1.807) is 0 Å². The summed E-state index contributed by atoms with van der Waals surface area (Å²) >= 11 is 3.55. The van der Waals surface area contributed by atoms with Gasteiger partial charge in [-0.3, -0.25) is 4.68 Å². The summed E-state index contributed by atoms with van der Waals surface area (Å²) in [5.41, 5.74) is 2.76. The van der Waals surface area contributed by atoms with Crippen molar-refractivity contribution in [2.75, 3.05) is 13.7 Å². The first-order valence-corrected chi connectivity index (χ1v) is 7.88. The molecule has 0 amide bonds. The number of aryl methyl sites for hydroxylation is 2. The van der Waals surface area contributed by atoms with Gasteiger partial charge in [-0.15, -0.1) is 0 Å². The number of hydrogen-bond acceptors (Lipinski definition) is 3. The van der Waals surface area contributed by atoms with Gasteiger partial charge in [0, 0.05) is 12.2 Å². The lowest BCUT2D eigenvalue weighted by Crippen LogP contribution is -2.44. The van der Waals surface area contributed by atoms with Gasteiger partial charge in [-0.2, -0.15) is 5.10 Å². The van der Waals surface area contributed by atoms with Crippen molar-refractivity contribution in [3.63, 3.8) is 0 Å². The van der Waals surface area contributed by atoms with Crippen molar-refractivity contribution in [1.29, 1.82) is 0 Å². The zero-order chi connectivity index (χ0) is 15.5. The van der Waals surface area contributed by atoms with Crippen molar-refractivity contribution >= 4 is 15.9 Å². The van der Waals surface area contributed by atoms with Crippen LogP contribution in [0.2, 0.25) is 0 Å². The molecule has 1 heterocycles. The fraction of sp³-hybridized carbons (Fsp3) is 0.438. The Morgan fingerprint density at radius 1 is 1.29 bits per heavy atom. The third-order valence-electron chi connectivity index (χ3n) is 4.12. The molecule has 2 aromatic rings. The van der Waals surface area contributed by atoms with Crippen LogP contribution in [0.3, 0.4) is 0 Å². The van der Waals surface area contributed by atoms with E-state index in [1.165, 1.54) is 0 Å². The molecule has 0 radical (unpaired) electrons. The Morgan fingerprint density at radius 2 is 1.95 bits per heavy atom. The lowest BCUT2D eigenvalue weighted by Gasteiger charge is -2.32. The number of hydrogen-bond donors (Lipinski definition) is 2. The van der Waals surface area contributed by atoms with E-state index in [0.29, 0.717) is 0 Å². The molecule has 1 unspecified atom stereocenters. The molecule has 2 N–H and O–H groups in total. The minimum atomic E-state index is -0.444. The van der Waals surface area contributed by atoms with Crippen LogP contribution in [0.25, 0.3) is 0 Å². The lowest BCUT2D eigenvalue weighted by molar-refractivity contribution is 0.152. The van der Waals surface area contributed by atoms with Gasteiger partial charge in [-0.05, 0) is 48.8 Å². The third kappa shape index (κ3) is 3.20. The fourth-order valence-corrected chi connectivity index (χ4v) is 2.89. The van der Waals surface area contributed by atoms with Crippen molar-refractivity contribution in [2.24, 2.45) is 0 Å². The van der Waals surface area contributed by atoms with E-state index in [1.807, 2.05) is 55.9 Å². The Bertz CT molecular complexity index is 591. The average molecular weight is 352 g/mol. The molecule has 0 aliphatic heterocycles. The zero-order valence-corrected chi connectivity index (χ0v) is 14.3. The summed E-state index contributed by atoms with van der Waals surface area (Å²) in [7, 11) is 1.89. The number of nitrogens with one attached hydrogen (secondary N) is 1. The van der Waals surface area contributed by atoms with Crippen LogP contribution in [0.15, 0.2) is 34.8 Å². The van der Waals surface area contributed by atoms with E-state index >= 15 is 0 Å². The minimum absolute atomic E-state index is 0.0496. The first kappa shape index (κ1) is 16.2. The third-order valence-corrected chi connectivity index (χ3v) is 5.27. The molecule has 2 rings (SSSR count). The largest absolute Gasteiger partial charge is 0.394 e. The second-order valence-electron chi connectivity index (χ2n) is 5.31. The molecule has 1 atom stereocenters. The van der Waals surface area contributed by atoms with Gasteiger partial charge in [-0.25, -0.2) is 0 Å². The highest BCUT2D eigenvalue weighted by Gasteiger charge is 2.29. The second kappa shape index (κ2) is 6.73. The Balaban J connectivity index is 2.23. The molecule has 4 nitrogen and oxygen atoms in total. The molecule has 5 heteroatoms. The van der Waals surface area contributed by atoms with Crippen LogP contribution in [0.1, 0.15) is 23.4 Å². The molecule has 0 spiro atoms. The highest BCUT2D eigenvalue weighted by Crippen LogP contribution is 2.26. The minimum Gasteiger partial charge on any atom is -0.394 e. The molecule has 0 fully saturated rings. The van der Waals surface area contributed by atoms with Gasteiger partial charge in [0.25, 0.3) is 0 Å². The number of benzene rings is 1. The normalized spacial score (nSPS) is 14.1. The van der Waals surface area contributed by atoms with Gasteiger partial charge in [0.1, 0.15) is 0 Å². The number of aliphatic hydroxyl groups excluding tert-OH is 1. The Kier molecular flexibility index (Phi) is 5.19. The molecule has 114 valence electrons. The standard InChI is InChI=1S/C16H22BrN3O/c1-12-15(17)13(2)20(19-12)10-9-16(11-21,18-3)14-7-5-4-6-8-14/h4-8,18,21H,9-11H2,1-3H3. The summed E-state index contributed by atoms with van der Waals surface area (Å²) in [5.74, 6) is 0. The van der Waals surface area contributed by atoms with Gasteiger partial charge in [-0.1, -0.05) is 30.3 Å². The van der Waals surface area contributed by atoms with E-state index < -0.39 is 5.54 Å². The van der Waals surface area contributed by atoms with Crippen molar-refractivity contribution in [2.45, 2.75) is 32.4 Å². The van der Waals surface area contributed by atoms with Crippen LogP contribution in [0, 0.1) is 13.8 Å². The molecule has 0 saturated heterocycles. The fourth-order valence-electron chi connectivity index (χ4n) is 2.61. The van der Waals surface area contributed by atoms with Crippen LogP contribution in [-0.4, -0.2) is 28.5 Å². The van der Waals surface area contributed by atoms with E-state index in [0.717, 1.165) is 34.4 Å². The van der Waals surface area contributed by atoms with E-state index in [9.17, 15) is 5.11 Å². The molecule has 0 saturated carbocycles. The van der Waals surface area contributed by atoms with Crippen molar-refractivity contribution < 1.29 is 5.11 Å². The maximum absolute atomic E-state index is 9.94. The topological polar surface area (TPSA) is 50.1 Å². The smallest absolute Gasteiger partial charge is 0.0738 e. The predicted molar refractivity (Wildman–Crippen MR) is 88.3 cm³/mol. The molecule has 0 aliphatic carbocycles. The van der Waals surface area contributed by atoms with E-state index in [-0.39, 0.29) is 6.61 Å². The Labute approximate surface area is 134 Å². The number of halogens is 1. The summed E-state index contributed by atoms with van der Waals surface area (Å²) in [6, 6.07) is 10.1. The molecule has 21 heavy (non-hydrogen) atoms. The van der Waals surface area contributed by atoms with Gasteiger partial charge in [0.05, 0.1) is 22.3 Å². The summed E-state index contributed by atoms with van der Waals surface area (Å²) in [5, 5.41) is 17.8. The molecular formula is C16H22BrN3O. The van der Waals surface area contributed by atoms with Crippen LogP contribution in [0.5, 0.6) is 0 Å². The van der Waals surface area contributed by atoms with Crippen molar-refractivity contribution in [1.82, 2.24) is 15.1 Å². The van der Waals surface area contributed by atoms with Crippen LogP contribution < -0.4 is 5.32 Å². The predicted octanol–water partition coefficient (Wildman–Crippen LogP) is 2.76. The number of aromatic nitrogens is 2. The van der Waals surface area contributed by atoms with Gasteiger partial charge < -0.3 is 10.4 Å². The highest BCUT2D eigenvalue weighted by atomic mass is 79.9. The van der Waals surface area contributed by atoms with E-state index in [4.69, 9.17) is 0 Å². The summed E-state index contributed by atoms with van der Waals surface area (Å²) < 4.78 is 3.05. The second-order valence-corrected chi connectivity index (χ2v) is 6.11. The highest BCUT2D eigenvalue weighted by molar-refractivity contribution is 9.10. The maximum Gasteiger partial charge on any atom is 0.0738 e. The van der Waals surface area contributed by atoms with E-state index in [2.05, 4.69) is 26.3 Å². The Hall–Kier alpha value is -1.17. The first-order chi connectivity index (χ1) is 10.0. The summed E-state index contributed by atoms with van der Waals surface area (Å²) in [4.78, 5) is 0. The number of rotatable bonds is 6. The molecule has 1 aromatic heterocycles. The molecule has 0 aliphatic rings. The lowest BCUT2D eigenvalue weighted by atomic mass is 9.87. The number of aliphatic hydroxyl groups is 1. The number of likely N-dealkylation sites (N-methyl/N-ethyl adjacent to an activating group) is 1. The monoisotopic (exact) mass is 351 g/mol. The van der Waals surface area contributed by atoms with Crippen molar-refractivity contribution in [3.05, 3.63) is 51.8 Å². The average Bonchev–Trinajstić information content (AvgIpc) is 2.77. The SMILES string of the molecule is CNC(CO)(CCn1nc(C)c(Br)c1C)c1ccccc1. The van der Waals surface area contributed by atoms with Gasteiger partial charge in [0.2, 0.25) is 0 Å². The van der Waals surface area contributed by atoms with Gasteiger partial charge in [0.15, 0.2) is 0 Å². The zero-order valence-electron chi connectivity index (χ0n) is 12.7. The number of nitrogens with zero attached hydrogens (tertiary/aromatic N) is 2. The van der Waals surface area contributed by atoms with Crippen LogP contribution >= 0.6 is 15.9 Å². The summed E-state index contributed by atoms with van der Waals surface area (Å²) in [6.07, 6.45) is 0.762. The maximum atomic E-state index is 9.94. The first-order valence-electron chi connectivity index (χ1n) is 7.09. The van der Waals surface area contributed by atoms with Gasteiger partial charge >= 0.3 is 0 Å². The Morgan fingerprint density at radius 3 is 2.43 bits per heavy atom. The quantitative estimate of drug-likeness (QED) is 0.841. The van der Waals surface area contributed by atoms with Crippen LogP contribution in [0.4, 0.5) is 0 Å². The van der Waals surface area contributed by atoms with Crippen LogP contribution in [-0.2, 0) is 12.1 Å². The summed E-state index contributed by atoms with van der Waals surface area (Å²) in [6.45, 7) is 4.83. The molecule has 0 bridgehead atoms. The molecule has 1 aromatic carbocycles. The molecular weight excluding hydrogens is 330 g/mol.